The summed E-state index contributed by atoms with van der Waals surface area (Å²) in [5, 5.41) is 7.04. The van der Waals surface area contributed by atoms with E-state index in [1.807, 2.05) is 55.6 Å². The maximum absolute atomic E-state index is 12.2. The summed E-state index contributed by atoms with van der Waals surface area (Å²) in [5.41, 5.74) is 3.62. The molecule has 120 valence electrons. The van der Waals surface area contributed by atoms with Gasteiger partial charge in [0.25, 0.3) is 0 Å². The van der Waals surface area contributed by atoms with E-state index in [9.17, 15) is 4.79 Å². The zero-order valence-electron chi connectivity index (χ0n) is 13.5. The van der Waals surface area contributed by atoms with Gasteiger partial charge >= 0.3 is 5.97 Å². The standard InChI is InChI=1S/C18H20N2O3/c1-4-23-18(21)17(20-22-3)15-11-6-5-9-13(15)14-10-7-8-12-16(14)19-2/h5-12,19H,4H2,1-3H3. The van der Waals surface area contributed by atoms with Crippen molar-refractivity contribution in [1.82, 2.24) is 0 Å². The highest BCUT2D eigenvalue weighted by Crippen LogP contribution is 2.31. The summed E-state index contributed by atoms with van der Waals surface area (Å²) in [6, 6.07) is 15.4. The Kier molecular flexibility index (Phi) is 5.74. The van der Waals surface area contributed by atoms with Crippen LogP contribution in [0.4, 0.5) is 5.69 Å². The van der Waals surface area contributed by atoms with Crippen LogP contribution >= 0.6 is 0 Å². The van der Waals surface area contributed by atoms with E-state index in [0.717, 1.165) is 16.8 Å². The monoisotopic (exact) mass is 312 g/mol. The van der Waals surface area contributed by atoms with E-state index in [0.29, 0.717) is 5.56 Å². The zero-order chi connectivity index (χ0) is 16.7. The molecule has 5 heteroatoms. The molecule has 23 heavy (non-hydrogen) atoms. The summed E-state index contributed by atoms with van der Waals surface area (Å²) < 4.78 is 5.09. The van der Waals surface area contributed by atoms with Crippen molar-refractivity contribution in [2.24, 2.45) is 5.16 Å². The average Bonchev–Trinajstić information content (AvgIpc) is 2.60. The van der Waals surface area contributed by atoms with Gasteiger partial charge in [-0.2, -0.15) is 0 Å². The highest BCUT2D eigenvalue weighted by Gasteiger charge is 2.21. The van der Waals surface area contributed by atoms with Gasteiger partial charge in [-0.1, -0.05) is 47.6 Å². The summed E-state index contributed by atoms with van der Waals surface area (Å²) in [7, 11) is 3.26. The summed E-state index contributed by atoms with van der Waals surface area (Å²) in [6.07, 6.45) is 0. The van der Waals surface area contributed by atoms with Crippen LogP contribution in [0.1, 0.15) is 12.5 Å². The van der Waals surface area contributed by atoms with Gasteiger partial charge in [-0.25, -0.2) is 4.79 Å². The van der Waals surface area contributed by atoms with Gasteiger partial charge in [-0.05, 0) is 18.6 Å². The number of anilines is 1. The van der Waals surface area contributed by atoms with E-state index in [-0.39, 0.29) is 12.3 Å². The molecule has 0 saturated heterocycles. The van der Waals surface area contributed by atoms with Crippen LogP contribution in [0.5, 0.6) is 0 Å². The Morgan fingerprint density at radius 2 is 1.74 bits per heavy atom. The number of carbonyl (C=O) groups excluding carboxylic acids is 1. The molecule has 0 aliphatic carbocycles. The quantitative estimate of drug-likeness (QED) is 0.505. The molecule has 1 N–H and O–H groups in total. The molecule has 0 radical (unpaired) electrons. The molecule has 2 aromatic carbocycles. The lowest BCUT2D eigenvalue weighted by Gasteiger charge is -2.14. The molecule has 2 aromatic rings. The highest BCUT2D eigenvalue weighted by molar-refractivity contribution is 6.44. The van der Waals surface area contributed by atoms with Crippen molar-refractivity contribution < 1.29 is 14.4 Å². The summed E-state index contributed by atoms with van der Waals surface area (Å²) in [4.78, 5) is 17.1. The van der Waals surface area contributed by atoms with Gasteiger partial charge in [0.15, 0.2) is 5.71 Å². The number of nitrogens with one attached hydrogen (secondary N) is 1. The molecule has 0 aromatic heterocycles. The average molecular weight is 312 g/mol. The van der Waals surface area contributed by atoms with Gasteiger partial charge < -0.3 is 14.9 Å². The molecule has 0 spiro atoms. The van der Waals surface area contributed by atoms with Crippen molar-refractivity contribution in [2.45, 2.75) is 6.92 Å². The number of hydrogen-bond acceptors (Lipinski definition) is 5. The number of para-hydroxylation sites is 1. The Morgan fingerprint density at radius 3 is 2.39 bits per heavy atom. The van der Waals surface area contributed by atoms with Crippen LogP contribution in [-0.4, -0.2) is 32.4 Å². The predicted molar refractivity (Wildman–Crippen MR) is 91.6 cm³/mol. The Balaban J connectivity index is 2.60. The third kappa shape index (κ3) is 3.69. The molecule has 0 aliphatic rings. The second kappa shape index (κ2) is 7.98. The van der Waals surface area contributed by atoms with Crippen molar-refractivity contribution in [2.75, 3.05) is 26.1 Å². The van der Waals surface area contributed by atoms with Gasteiger partial charge in [0, 0.05) is 23.9 Å². The molecular weight excluding hydrogens is 292 g/mol. The fourth-order valence-corrected chi connectivity index (χ4v) is 2.35. The molecule has 0 unspecified atom stereocenters. The van der Waals surface area contributed by atoms with Crippen LogP contribution < -0.4 is 5.32 Å². The van der Waals surface area contributed by atoms with E-state index in [1.165, 1.54) is 7.11 Å². The molecule has 0 saturated carbocycles. The normalized spacial score (nSPS) is 11.0. The Morgan fingerprint density at radius 1 is 1.09 bits per heavy atom. The van der Waals surface area contributed by atoms with Crippen LogP contribution in [0, 0.1) is 0 Å². The third-order valence-corrected chi connectivity index (χ3v) is 3.32. The molecule has 0 heterocycles. The molecule has 0 amide bonds. The first-order valence-electron chi connectivity index (χ1n) is 7.37. The van der Waals surface area contributed by atoms with Gasteiger partial charge in [-0.15, -0.1) is 0 Å². The Bertz CT molecular complexity index is 711. The molecule has 0 bridgehead atoms. The van der Waals surface area contributed by atoms with Crippen molar-refractivity contribution in [3.05, 3.63) is 54.1 Å². The minimum Gasteiger partial charge on any atom is -0.461 e. The second-order valence-electron chi connectivity index (χ2n) is 4.68. The Labute approximate surface area is 135 Å². The van der Waals surface area contributed by atoms with Gasteiger partial charge in [0.05, 0.1) is 6.61 Å². The molecular formula is C18H20N2O3. The number of rotatable bonds is 6. The van der Waals surface area contributed by atoms with Crippen molar-refractivity contribution in [3.8, 4) is 11.1 Å². The maximum Gasteiger partial charge on any atom is 0.361 e. The van der Waals surface area contributed by atoms with Gasteiger partial charge in [-0.3, -0.25) is 0 Å². The first-order valence-corrected chi connectivity index (χ1v) is 7.37. The topological polar surface area (TPSA) is 59.9 Å². The van der Waals surface area contributed by atoms with E-state index in [1.54, 1.807) is 6.92 Å². The predicted octanol–water partition coefficient (Wildman–Crippen LogP) is 3.31. The van der Waals surface area contributed by atoms with Crippen LogP contribution in [0.15, 0.2) is 53.7 Å². The second-order valence-corrected chi connectivity index (χ2v) is 4.68. The summed E-state index contributed by atoms with van der Waals surface area (Å²) in [6.45, 7) is 2.03. The number of nitrogens with zero attached hydrogens (tertiary/aromatic N) is 1. The number of benzene rings is 2. The number of ether oxygens (including phenoxy) is 1. The minimum atomic E-state index is -0.510. The van der Waals surface area contributed by atoms with E-state index < -0.39 is 5.97 Å². The number of esters is 1. The number of oxime groups is 1. The van der Waals surface area contributed by atoms with Crippen LogP contribution in [0.25, 0.3) is 11.1 Å². The van der Waals surface area contributed by atoms with E-state index in [2.05, 4.69) is 10.5 Å². The van der Waals surface area contributed by atoms with Gasteiger partial charge in [0.1, 0.15) is 7.11 Å². The van der Waals surface area contributed by atoms with Crippen LogP contribution in [0.2, 0.25) is 0 Å². The maximum atomic E-state index is 12.2. The van der Waals surface area contributed by atoms with E-state index >= 15 is 0 Å². The first kappa shape index (κ1) is 16.5. The highest BCUT2D eigenvalue weighted by atomic mass is 16.6. The SMILES string of the molecule is CCOC(=O)C(=NOC)c1ccccc1-c1ccccc1NC. The lowest BCUT2D eigenvalue weighted by molar-refractivity contribution is -0.135. The van der Waals surface area contributed by atoms with Gasteiger partial charge in [0.2, 0.25) is 0 Å². The molecule has 0 atom stereocenters. The van der Waals surface area contributed by atoms with Crippen LogP contribution in [-0.2, 0) is 14.4 Å². The van der Waals surface area contributed by atoms with Crippen molar-refractivity contribution in [3.63, 3.8) is 0 Å². The molecule has 2 rings (SSSR count). The van der Waals surface area contributed by atoms with Crippen molar-refractivity contribution in [1.29, 1.82) is 0 Å². The van der Waals surface area contributed by atoms with E-state index in [4.69, 9.17) is 9.57 Å². The molecule has 0 aliphatic heterocycles. The smallest absolute Gasteiger partial charge is 0.361 e. The lowest BCUT2D eigenvalue weighted by Crippen LogP contribution is -2.20. The molecule has 0 fully saturated rings. The lowest BCUT2D eigenvalue weighted by atomic mass is 9.95. The Hall–Kier alpha value is -2.82. The molecule has 5 nitrogen and oxygen atoms in total. The largest absolute Gasteiger partial charge is 0.461 e. The number of carbonyl (C=O) groups is 1. The van der Waals surface area contributed by atoms with Crippen molar-refractivity contribution >= 4 is 17.4 Å². The summed E-state index contributed by atoms with van der Waals surface area (Å²) >= 11 is 0. The first-order chi connectivity index (χ1) is 11.2. The fourth-order valence-electron chi connectivity index (χ4n) is 2.35. The minimum absolute atomic E-state index is 0.149. The third-order valence-electron chi connectivity index (χ3n) is 3.32. The summed E-state index contributed by atoms with van der Waals surface area (Å²) in [5.74, 6) is -0.510. The van der Waals surface area contributed by atoms with Crippen LogP contribution in [0.3, 0.4) is 0 Å². The zero-order valence-corrected chi connectivity index (χ0v) is 13.5. The number of hydrogen-bond donors (Lipinski definition) is 1. The fraction of sp³-hybridized carbons (Fsp3) is 0.222.